The lowest BCUT2D eigenvalue weighted by atomic mass is 10.2. The van der Waals surface area contributed by atoms with Crippen molar-refractivity contribution in [2.45, 2.75) is 42.6 Å². The number of nitrogens with zero attached hydrogens (tertiary/aromatic N) is 6. The Balaban J connectivity index is 1.47. The quantitative estimate of drug-likeness (QED) is 0.565. The zero-order chi connectivity index (χ0) is 18.6. The number of ether oxygens (including phenoxy) is 2. The monoisotopic (exact) mass is 388 g/mol. The molecule has 0 bridgehead atoms. The maximum atomic E-state index is 5.41. The lowest BCUT2D eigenvalue weighted by Crippen LogP contribution is -2.08. The summed E-state index contributed by atoms with van der Waals surface area (Å²) in [5.74, 6) is 2.81. The van der Waals surface area contributed by atoms with Gasteiger partial charge in [0.05, 0.1) is 31.6 Å². The number of methoxy groups -OCH3 is 2. The van der Waals surface area contributed by atoms with Crippen LogP contribution >= 0.6 is 11.8 Å². The molecule has 9 nitrogen and oxygen atoms in total. The molecular weight excluding hydrogens is 368 g/mol. The molecule has 0 N–H and O–H groups in total. The van der Waals surface area contributed by atoms with Gasteiger partial charge in [-0.3, -0.25) is 0 Å². The second kappa shape index (κ2) is 7.95. The van der Waals surface area contributed by atoms with Gasteiger partial charge < -0.3 is 14.0 Å². The van der Waals surface area contributed by atoms with Gasteiger partial charge >= 0.3 is 0 Å². The van der Waals surface area contributed by atoms with Gasteiger partial charge in [-0.25, -0.2) is 4.68 Å². The largest absolute Gasteiger partial charge is 0.497 e. The average Bonchev–Trinajstić information content (AvgIpc) is 3.46. The molecule has 1 aromatic carbocycles. The zero-order valence-corrected chi connectivity index (χ0v) is 16.0. The number of benzene rings is 1. The van der Waals surface area contributed by atoms with Crippen molar-refractivity contribution in [3.8, 4) is 22.9 Å². The lowest BCUT2D eigenvalue weighted by molar-refractivity contribution is 0.387. The molecule has 1 fully saturated rings. The maximum absolute atomic E-state index is 5.41. The Bertz CT molecular complexity index is 906. The van der Waals surface area contributed by atoms with E-state index in [9.17, 15) is 0 Å². The van der Waals surface area contributed by atoms with Crippen LogP contribution in [-0.4, -0.2) is 44.6 Å². The van der Waals surface area contributed by atoms with Gasteiger partial charge in [0.1, 0.15) is 11.5 Å². The summed E-state index contributed by atoms with van der Waals surface area (Å²) in [4.78, 5) is 4.47. The van der Waals surface area contributed by atoms with Crippen molar-refractivity contribution in [1.29, 1.82) is 0 Å². The van der Waals surface area contributed by atoms with Crippen LogP contribution in [0.1, 0.15) is 37.6 Å². The molecule has 0 unspecified atom stereocenters. The fraction of sp³-hybridized carbons (Fsp3) is 0.471. The summed E-state index contributed by atoms with van der Waals surface area (Å²) in [5, 5.41) is 16.9. The highest BCUT2D eigenvalue weighted by Gasteiger charge is 2.22. The molecule has 0 atom stereocenters. The molecule has 10 heteroatoms. The van der Waals surface area contributed by atoms with Gasteiger partial charge in [0.15, 0.2) is 0 Å². The van der Waals surface area contributed by atoms with E-state index in [-0.39, 0.29) is 0 Å². The number of thioether (sulfide) groups is 1. The molecule has 4 rings (SSSR count). The van der Waals surface area contributed by atoms with Gasteiger partial charge in [0, 0.05) is 6.07 Å². The van der Waals surface area contributed by atoms with E-state index in [1.54, 1.807) is 20.3 Å². The number of hydrogen-bond donors (Lipinski definition) is 0. The second-order valence-corrected chi connectivity index (χ2v) is 7.15. The average molecular weight is 388 g/mol. The molecule has 0 radical (unpaired) electrons. The second-order valence-electron chi connectivity index (χ2n) is 6.21. The van der Waals surface area contributed by atoms with Crippen molar-refractivity contribution in [2.75, 3.05) is 14.2 Å². The van der Waals surface area contributed by atoms with E-state index in [2.05, 4.69) is 25.7 Å². The van der Waals surface area contributed by atoms with Crippen molar-refractivity contribution >= 4 is 11.8 Å². The predicted molar refractivity (Wildman–Crippen MR) is 97.7 cm³/mol. The van der Waals surface area contributed by atoms with Crippen LogP contribution in [0, 0.1) is 0 Å². The van der Waals surface area contributed by atoms with Crippen LogP contribution in [0.2, 0.25) is 0 Å². The van der Waals surface area contributed by atoms with E-state index in [4.69, 9.17) is 14.0 Å². The van der Waals surface area contributed by atoms with Gasteiger partial charge in [0.2, 0.25) is 16.9 Å². The third kappa shape index (κ3) is 3.75. The van der Waals surface area contributed by atoms with Crippen LogP contribution in [0.15, 0.2) is 27.9 Å². The summed E-state index contributed by atoms with van der Waals surface area (Å²) in [5.41, 5.74) is 0.745. The van der Waals surface area contributed by atoms with Crippen LogP contribution in [0.25, 0.3) is 11.4 Å². The molecule has 1 aliphatic carbocycles. The van der Waals surface area contributed by atoms with Crippen molar-refractivity contribution in [1.82, 2.24) is 30.3 Å². The van der Waals surface area contributed by atoms with Crippen LogP contribution in [0.3, 0.4) is 0 Å². The van der Waals surface area contributed by atoms with Crippen LogP contribution in [0.5, 0.6) is 11.5 Å². The molecule has 0 spiro atoms. The Kier molecular flexibility index (Phi) is 5.23. The number of rotatable bonds is 7. The summed E-state index contributed by atoms with van der Waals surface area (Å²) in [7, 11) is 3.20. The van der Waals surface area contributed by atoms with Crippen molar-refractivity contribution < 1.29 is 14.0 Å². The van der Waals surface area contributed by atoms with Crippen molar-refractivity contribution in [2.24, 2.45) is 0 Å². The summed E-state index contributed by atoms with van der Waals surface area (Å²) >= 11 is 1.50. The summed E-state index contributed by atoms with van der Waals surface area (Å²) in [6, 6.07) is 5.86. The third-order valence-corrected chi connectivity index (χ3v) is 5.49. The molecule has 142 valence electrons. The first-order chi connectivity index (χ1) is 13.3. The van der Waals surface area contributed by atoms with Crippen LogP contribution in [0.4, 0.5) is 0 Å². The number of aromatic nitrogens is 6. The summed E-state index contributed by atoms with van der Waals surface area (Å²) < 4.78 is 17.9. The first-order valence-corrected chi connectivity index (χ1v) is 9.72. The highest BCUT2D eigenvalue weighted by molar-refractivity contribution is 7.98. The van der Waals surface area contributed by atoms with Crippen LogP contribution in [-0.2, 0) is 5.75 Å². The molecule has 0 saturated heterocycles. The zero-order valence-electron chi connectivity index (χ0n) is 15.2. The van der Waals surface area contributed by atoms with E-state index in [1.807, 2.05) is 16.8 Å². The minimum Gasteiger partial charge on any atom is -0.497 e. The summed E-state index contributed by atoms with van der Waals surface area (Å²) in [6.07, 6.45) is 4.71. The Labute approximate surface area is 160 Å². The molecule has 0 aliphatic heterocycles. The van der Waals surface area contributed by atoms with Gasteiger partial charge in [-0.05, 0) is 35.4 Å². The molecule has 0 amide bonds. The Hall–Kier alpha value is -2.62. The van der Waals surface area contributed by atoms with Gasteiger partial charge in [-0.1, -0.05) is 29.8 Å². The topological polar surface area (TPSA) is 101 Å². The smallest absolute Gasteiger partial charge is 0.237 e. The maximum Gasteiger partial charge on any atom is 0.237 e. The van der Waals surface area contributed by atoms with E-state index in [1.165, 1.54) is 24.6 Å². The van der Waals surface area contributed by atoms with E-state index < -0.39 is 0 Å². The van der Waals surface area contributed by atoms with Gasteiger partial charge in [0.25, 0.3) is 0 Å². The Morgan fingerprint density at radius 3 is 2.85 bits per heavy atom. The lowest BCUT2D eigenvalue weighted by Gasteiger charge is -2.09. The molecule has 2 aromatic heterocycles. The fourth-order valence-corrected chi connectivity index (χ4v) is 3.97. The first-order valence-electron chi connectivity index (χ1n) is 8.74. The Morgan fingerprint density at radius 1 is 1.22 bits per heavy atom. The van der Waals surface area contributed by atoms with Gasteiger partial charge in [-0.2, -0.15) is 4.98 Å². The minimum absolute atomic E-state index is 0.393. The molecular formula is C17H20N6O3S. The first kappa shape index (κ1) is 17.8. The number of hydrogen-bond acceptors (Lipinski definition) is 9. The SMILES string of the molecule is COc1ccc(-c2noc(CSc3nnnn3C3CCCC3)n2)c(OC)c1. The molecule has 1 saturated carbocycles. The molecule has 1 aliphatic rings. The molecule has 27 heavy (non-hydrogen) atoms. The minimum atomic E-state index is 0.393. The standard InChI is InChI=1S/C17H20N6O3S/c1-24-12-7-8-13(14(9-12)25-2)16-18-15(26-20-16)10-27-17-19-21-22-23(17)11-5-3-4-6-11/h7-9,11H,3-6,10H2,1-2H3. The Morgan fingerprint density at radius 2 is 2.07 bits per heavy atom. The normalized spacial score (nSPS) is 14.6. The van der Waals surface area contributed by atoms with E-state index in [0.29, 0.717) is 35.0 Å². The van der Waals surface area contributed by atoms with Gasteiger partial charge in [-0.15, -0.1) is 5.10 Å². The fourth-order valence-electron chi connectivity index (χ4n) is 3.19. The summed E-state index contributed by atoms with van der Waals surface area (Å²) in [6.45, 7) is 0. The van der Waals surface area contributed by atoms with E-state index in [0.717, 1.165) is 23.6 Å². The third-order valence-electron chi connectivity index (χ3n) is 4.58. The van der Waals surface area contributed by atoms with Crippen molar-refractivity contribution in [3.05, 3.63) is 24.1 Å². The molecule has 3 aromatic rings. The highest BCUT2D eigenvalue weighted by Crippen LogP contribution is 2.34. The molecule has 2 heterocycles. The predicted octanol–water partition coefficient (Wildman–Crippen LogP) is 3.15. The highest BCUT2D eigenvalue weighted by atomic mass is 32.2. The number of tetrazole rings is 1. The van der Waals surface area contributed by atoms with E-state index >= 15 is 0 Å². The van der Waals surface area contributed by atoms with Crippen molar-refractivity contribution in [3.63, 3.8) is 0 Å². The van der Waals surface area contributed by atoms with Crippen LogP contribution < -0.4 is 9.47 Å².